The van der Waals surface area contributed by atoms with Crippen molar-refractivity contribution in [2.75, 3.05) is 44.0 Å². The first-order valence-electron chi connectivity index (χ1n) is 11.5. The molecule has 0 saturated carbocycles. The molecule has 12 nitrogen and oxygen atoms in total. The average molecular weight is 500 g/mol. The highest BCUT2D eigenvalue weighted by molar-refractivity contribution is 5.84. The molecule has 1 unspecified atom stereocenters. The Morgan fingerprint density at radius 2 is 1.86 bits per heavy atom. The zero-order valence-electron chi connectivity index (χ0n) is 20.2. The van der Waals surface area contributed by atoms with Gasteiger partial charge in [-0.1, -0.05) is 30.3 Å². The number of rotatable bonds is 12. The number of carbonyl (C=O) groups excluding carboxylic acids is 2. The monoisotopic (exact) mass is 499 g/mol. The maximum absolute atomic E-state index is 12.5. The molecule has 12 heteroatoms. The zero-order valence-corrected chi connectivity index (χ0v) is 20.2. The highest BCUT2D eigenvalue weighted by Crippen LogP contribution is 2.38. The first-order chi connectivity index (χ1) is 17.2. The molecule has 3 rings (SSSR count). The summed E-state index contributed by atoms with van der Waals surface area (Å²) in [5.74, 6) is -0.533. The Hall–Kier alpha value is -4.22. The number of ether oxygens (including phenoxy) is 1. The number of carbonyl (C=O) groups is 2. The van der Waals surface area contributed by atoms with Crippen LogP contribution in [0.4, 0.5) is 22.7 Å². The topological polar surface area (TPSA) is 148 Å². The molecule has 0 aliphatic carbocycles. The Bertz CT molecular complexity index is 1130. The number of methoxy groups -OCH3 is 1. The summed E-state index contributed by atoms with van der Waals surface area (Å²) in [7, 11) is 2.86. The van der Waals surface area contributed by atoms with Gasteiger partial charge in [-0.05, 0) is 24.5 Å². The number of nitro benzene ring substituents is 2. The predicted octanol–water partition coefficient (Wildman–Crippen LogP) is 3.15. The van der Waals surface area contributed by atoms with E-state index < -0.39 is 33.2 Å². The lowest BCUT2D eigenvalue weighted by molar-refractivity contribution is -0.393. The van der Waals surface area contributed by atoms with Crippen LogP contribution >= 0.6 is 0 Å². The molecule has 2 aromatic carbocycles. The van der Waals surface area contributed by atoms with Crippen molar-refractivity contribution in [2.45, 2.75) is 31.7 Å². The molecule has 1 atom stereocenters. The fourth-order valence-corrected chi connectivity index (χ4v) is 4.22. The molecule has 0 bridgehead atoms. The molecule has 1 heterocycles. The molecule has 1 amide bonds. The van der Waals surface area contributed by atoms with Crippen molar-refractivity contribution in [3.63, 3.8) is 0 Å². The van der Waals surface area contributed by atoms with E-state index in [1.165, 1.54) is 13.2 Å². The van der Waals surface area contributed by atoms with E-state index >= 15 is 0 Å². The summed E-state index contributed by atoms with van der Waals surface area (Å²) in [6.45, 7) is 1.60. The highest BCUT2D eigenvalue weighted by atomic mass is 16.6. The third-order valence-corrected chi connectivity index (χ3v) is 6.09. The van der Waals surface area contributed by atoms with E-state index in [1.54, 1.807) is 29.0 Å². The van der Waals surface area contributed by atoms with Gasteiger partial charge in [-0.2, -0.15) is 0 Å². The number of amides is 1. The van der Waals surface area contributed by atoms with Crippen LogP contribution in [0.2, 0.25) is 0 Å². The minimum atomic E-state index is -0.961. The van der Waals surface area contributed by atoms with Crippen LogP contribution < -0.4 is 10.2 Å². The minimum absolute atomic E-state index is 0.0338. The van der Waals surface area contributed by atoms with Gasteiger partial charge in [0, 0.05) is 39.5 Å². The lowest BCUT2D eigenvalue weighted by atomic mass is 10.0. The third-order valence-electron chi connectivity index (χ3n) is 6.09. The molecule has 1 aliphatic heterocycles. The van der Waals surface area contributed by atoms with Crippen LogP contribution in [0.5, 0.6) is 0 Å². The molecule has 1 aliphatic rings. The Morgan fingerprint density at radius 3 is 2.44 bits per heavy atom. The summed E-state index contributed by atoms with van der Waals surface area (Å²) in [5.41, 5.74) is -0.0235. The maximum atomic E-state index is 12.5. The van der Waals surface area contributed by atoms with E-state index in [9.17, 15) is 29.8 Å². The van der Waals surface area contributed by atoms with Gasteiger partial charge in [0.05, 0.1) is 23.0 Å². The van der Waals surface area contributed by atoms with Crippen molar-refractivity contribution in [3.8, 4) is 0 Å². The van der Waals surface area contributed by atoms with Crippen molar-refractivity contribution >= 4 is 34.6 Å². The number of nitrogens with zero attached hydrogens (tertiary/aromatic N) is 4. The summed E-state index contributed by atoms with van der Waals surface area (Å²) < 4.78 is 4.89. The number of nitrogens with one attached hydrogen (secondary N) is 1. The molecule has 0 spiro atoms. The Labute approximate surface area is 208 Å². The predicted molar refractivity (Wildman–Crippen MR) is 133 cm³/mol. The molecule has 1 N–H and O–H groups in total. The smallest absolute Gasteiger partial charge is 0.328 e. The summed E-state index contributed by atoms with van der Waals surface area (Å²) in [6, 6.07) is 10.3. The van der Waals surface area contributed by atoms with Crippen molar-refractivity contribution in [1.29, 1.82) is 0 Å². The Balaban J connectivity index is 1.89. The molecular weight excluding hydrogens is 470 g/mol. The van der Waals surface area contributed by atoms with Gasteiger partial charge in [-0.15, -0.1) is 0 Å². The van der Waals surface area contributed by atoms with E-state index in [0.29, 0.717) is 32.5 Å². The number of hydrogen-bond acceptors (Lipinski definition) is 9. The number of esters is 1. The van der Waals surface area contributed by atoms with Crippen molar-refractivity contribution in [2.24, 2.45) is 0 Å². The van der Waals surface area contributed by atoms with Crippen LogP contribution in [0.1, 0.15) is 24.8 Å². The minimum Gasteiger partial charge on any atom is -0.467 e. The second kappa shape index (κ2) is 12.0. The maximum Gasteiger partial charge on any atom is 0.328 e. The van der Waals surface area contributed by atoms with Crippen LogP contribution in [0, 0.1) is 20.2 Å². The van der Waals surface area contributed by atoms with Crippen LogP contribution in [-0.2, 0) is 20.7 Å². The Morgan fingerprint density at radius 1 is 1.17 bits per heavy atom. The second-order valence-electron chi connectivity index (χ2n) is 8.54. The van der Waals surface area contributed by atoms with Crippen LogP contribution in [0.25, 0.3) is 0 Å². The van der Waals surface area contributed by atoms with E-state index in [2.05, 4.69) is 5.32 Å². The second-order valence-corrected chi connectivity index (χ2v) is 8.54. The van der Waals surface area contributed by atoms with Crippen molar-refractivity contribution < 1.29 is 24.2 Å². The first-order valence-corrected chi connectivity index (χ1v) is 11.5. The largest absolute Gasteiger partial charge is 0.467 e. The number of hydrogen-bond donors (Lipinski definition) is 1. The highest BCUT2D eigenvalue weighted by Gasteiger charge is 2.30. The number of anilines is 2. The summed E-state index contributed by atoms with van der Waals surface area (Å²) in [4.78, 5) is 49.9. The Kier molecular flexibility index (Phi) is 8.76. The van der Waals surface area contributed by atoms with E-state index in [0.717, 1.165) is 18.1 Å². The molecule has 0 radical (unpaired) electrons. The van der Waals surface area contributed by atoms with Crippen LogP contribution in [-0.4, -0.2) is 66.5 Å². The van der Waals surface area contributed by atoms with Crippen LogP contribution in [0.3, 0.4) is 0 Å². The van der Waals surface area contributed by atoms with Crippen LogP contribution in [0.15, 0.2) is 42.5 Å². The van der Waals surface area contributed by atoms with E-state index in [-0.39, 0.29) is 23.7 Å². The molecular formula is C24H29N5O7. The summed E-state index contributed by atoms with van der Waals surface area (Å²) in [5, 5.41) is 26.4. The summed E-state index contributed by atoms with van der Waals surface area (Å²) >= 11 is 0. The summed E-state index contributed by atoms with van der Waals surface area (Å²) in [6.07, 6.45) is 2.11. The fourth-order valence-electron chi connectivity index (χ4n) is 4.22. The first kappa shape index (κ1) is 26.4. The van der Waals surface area contributed by atoms with E-state index in [1.807, 2.05) is 18.2 Å². The van der Waals surface area contributed by atoms with Crippen molar-refractivity contribution in [3.05, 3.63) is 68.3 Å². The van der Waals surface area contributed by atoms with E-state index in [4.69, 9.17) is 4.74 Å². The fraction of sp³-hybridized carbons (Fsp3) is 0.417. The zero-order chi connectivity index (χ0) is 26.2. The molecule has 2 aromatic rings. The van der Waals surface area contributed by atoms with Gasteiger partial charge in [0.2, 0.25) is 5.91 Å². The standard InChI is InChI=1S/C24H29N5O7/c1-26(11-7-13-27-12-6-10-23(27)30)21-15-18(20(28(32)33)16-22(21)29(34)35)25-19(24(31)36-2)14-17-8-4-3-5-9-17/h3-5,8-9,15-16,19,25H,6-7,10-14H2,1-2H3. The molecule has 0 aromatic heterocycles. The van der Waals surface area contributed by atoms with Gasteiger partial charge < -0.3 is 19.9 Å². The molecule has 1 fully saturated rings. The van der Waals surface area contributed by atoms with Gasteiger partial charge in [0.1, 0.15) is 17.4 Å². The van der Waals surface area contributed by atoms with Gasteiger partial charge >= 0.3 is 5.97 Å². The van der Waals surface area contributed by atoms with Gasteiger partial charge in [-0.25, -0.2) is 4.79 Å². The normalized spacial score (nSPS) is 13.8. The lowest BCUT2D eigenvalue weighted by Crippen LogP contribution is -2.33. The van der Waals surface area contributed by atoms with Gasteiger partial charge in [0.15, 0.2) is 0 Å². The number of likely N-dealkylation sites (tertiary alicyclic amines) is 1. The molecule has 1 saturated heterocycles. The molecule has 36 heavy (non-hydrogen) atoms. The quantitative estimate of drug-likeness (QED) is 0.264. The average Bonchev–Trinajstić information content (AvgIpc) is 3.27. The SMILES string of the molecule is COC(=O)C(Cc1ccccc1)Nc1cc(N(C)CCCN2CCCC2=O)c([N+](=O)[O-])cc1[N+](=O)[O-]. The van der Waals surface area contributed by atoms with Gasteiger partial charge in [-0.3, -0.25) is 25.0 Å². The lowest BCUT2D eigenvalue weighted by Gasteiger charge is -2.23. The van der Waals surface area contributed by atoms with Gasteiger partial charge in [0.25, 0.3) is 11.4 Å². The number of benzene rings is 2. The number of nitro groups is 2. The molecule has 192 valence electrons. The van der Waals surface area contributed by atoms with Crippen molar-refractivity contribution in [1.82, 2.24) is 4.90 Å². The third kappa shape index (κ3) is 6.46.